The predicted octanol–water partition coefficient (Wildman–Crippen LogP) is 4.81. The quantitative estimate of drug-likeness (QED) is 0.428. The van der Waals surface area contributed by atoms with E-state index in [1.54, 1.807) is 6.08 Å². The van der Waals surface area contributed by atoms with Crippen LogP contribution in [-0.4, -0.2) is 5.78 Å². The first-order valence-electron chi connectivity index (χ1n) is 6.95. The highest BCUT2D eigenvalue weighted by molar-refractivity contribution is 6.04. The molecular formula is C18H22O. The molecule has 19 heavy (non-hydrogen) atoms. The smallest absolute Gasteiger partial charge is 0.185 e. The summed E-state index contributed by atoms with van der Waals surface area (Å²) in [5, 5.41) is 0. The summed E-state index contributed by atoms with van der Waals surface area (Å²) in [6, 6.07) is 9.44. The summed E-state index contributed by atoms with van der Waals surface area (Å²) in [7, 11) is 0. The molecule has 0 aromatic heterocycles. The lowest BCUT2D eigenvalue weighted by Gasteiger charge is -2.28. The summed E-state index contributed by atoms with van der Waals surface area (Å²) in [6.07, 6.45) is 8.19. The Kier molecular flexibility index (Phi) is 4.04. The molecule has 0 spiro atoms. The zero-order valence-corrected chi connectivity index (χ0v) is 12.0. The van der Waals surface area contributed by atoms with E-state index in [0.29, 0.717) is 5.92 Å². The average Bonchev–Trinajstić information content (AvgIpc) is 2.66. The second-order valence-corrected chi connectivity index (χ2v) is 5.91. The van der Waals surface area contributed by atoms with Gasteiger partial charge in [-0.2, -0.15) is 0 Å². The number of carbonyl (C=O) groups excluding carboxylic acids is 1. The van der Waals surface area contributed by atoms with Crippen molar-refractivity contribution in [3.8, 4) is 0 Å². The van der Waals surface area contributed by atoms with Crippen molar-refractivity contribution in [2.24, 2.45) is 11.3 Å². The molecule has 0 heterocycles. The molecule has 0 saturated heterocycles. The predicted molar refractivity (Wildman–Crippen MR) is 80.2 cm³/mol. The zero-order chi connectivity index (χ0) is 13.9. The molecular weight excluding hydrogens is 232 g/mol. The zero-order valence-electron chi connectivity index (χ0n) is 12.0. The van der Waals surface area contributed by atoms with Crippen LogP contribution in [-0.2, 0) is 0 Å². The van der Waals surface area contributed by atoms with Crippen molar-refractivity contribution in [3.05, 3.63) is 59.7 Å². The maximum Gasteiger partial charge on any atom is 0.185 e. The summed E-state index contributed by atoms with van der Waals surface area (Å²) in [4.78, 5) is 11.9. The molecule has 1 heteroatoms. The standard InChI is InChI=1S/C18H22O/c1-14-12-13-16(18(14,2)3)10-7-11-17(19)15-8-5-4-6-9-15/h4-9,11-12,16H,10,13H2,1-3H3. The first kappa shape index (κ1) is 13.8. The third-order valence-corrected chi connectivity index (χ3v) is 4.49. The molecule has 0 amide bonds. The second-order valence-electron chi connectivity index (χ2n) is 5.91. The Morgan fingerprint density at radius 3 is 2.58 bits per heavy atom. The topological polar surface area (TPSA) is 17.1 Å². The fourth-order valence-corrected chi connectivity index (χ4v) is 2.63. The molecule has 1 aliphatic rings. The molecule has 1 atom stereocenters. The van der Waals surface area contributed by atoms with Gasteiger partial charge in [0.05, 0.1) is 0 Å². The van der Waals surface area contributed by atoms with Crippen LogP contribution in [0.15, 0.2) is 54.1 Å². The molecule has 100 valence electrons. The molecule has 1 nitrogen and oxygen atoms in total. The van der Waals surface area contributed by atoms with Gasteiger partial charge < -0.3 is 0 Å². The van der Waals surface area contributed by atoms with E-state index in [9.17, 15) is 4.79 Å². The first-order chi connectivity index (χ1) is 9.01. The van der Waals surface area contributed by atoms with Crippen molar-refractivity contribution in [1.82, 2.24) is 0 Å². The van der Waals surface area contributed by atoms with E-state index in [0.717, 1.165) is 18.4 Å². The van der Waals surface area contributed by atoms with E-state index >= 15 is 0 Å². The van der Waals surface area contributed by atoms with E-state index in [2.05, 4.69) is 26.8 Å². The summed E-state index contributed by atoms with van der Waals surface area (Å²) < 4.78 is 0. The lowest BCUT2D eigenvalue weighted by atomic mass is 9.76. The fourth-order valence-electron chi connectivity index (χ4n) is 2.63. The van der Waals surface area contributed by atoms with Crippen LogP contribution in [0.3, 0.4) is 0 Å². The van der Waals surface area contributed by atoms with Gasteiger partial charge in [-0.1, -0.05) is 61.9 Å². The van der Waals surface area contributed by atoms with E-state index in [1.807, 2.05) is 36.4 Å². The van der Waals surface area contributed by atoms with Crippen molar-refractivity contribution in [1.29, 1.82) is 0 Å². The molecule has 1 aromatic carbocycles. The van der Waals surface area contributed by atoms with Crippen molar-refractivity contribution in [3.63, 3.8) is 0 Å². The van der Waals surface area contributed by atoms with Crippen LogP contribution in [0.4, 0.5) is 0 Å². The van der Waals surface area contributed by atoms with Crippen LogP contribution in [0.1, 0.15) is 44.0 Å². The third kappa shape index (κ3) is 3.04. The number of carbonyl (C=O) groups is 1. The minimum absolute atomic E-state index is 0.0982. The van der Waals surface area contributed by atoms with E-state index in [4.69, 9.17) is 0 Å². The maximum atomic E-state index is 11.9. The van der Waals surface area contributed by atoms with E-state index in [-0.39, 0.29) is 11.2 Å². The van der Waals surface area contributed by atoms with Crippen LogP contribution in [0.5, 0.6) is 0 Å². The number of hydrogen-bond acceptors (Lipinski definition) is 1. The molecule has 0 aliphatic heterocycles. The SMILES string of the molecule is CC1=CCC(CC=CC(=O)c2ccccc2)C1(C)C. The van der Waals surface area contributed by atoms with Gasteiger partial charge in [-0.25, -0.2) is 0 Å². The van der Waals surface area contributed by atoms with Crippen molar-refractivity contribution in [2.75, 3.05) is 0 Å². The van der Waals surface area contributed by atoms with Gasteiger partial charge in [-0.15, -0.1) is 0 Å². The van der Waals surface area contributed by atoms with Gasteiger partial charge in [0.2, 0.25) is 0 Å². The maximum absolute atomic E-state index is 11.9. The number of hydrogen-bond donors (Lipinski definition) is 0. The van der Waals surface area contributed by atoms with Crippen LogP contribution in [0.2, 0.25) is 0 Å². The van der Waals surface area contributed by atoms with E-state index < -0.39 is 0 Å². The monoisotopic (exact) mass is 254 g/mol. The fraction of sp³-hybridized carbons (Fsp3) is 0.389. The number of benzene rings is 1. The molecule has 0 radical (unpaired) electrons. The lowest BCUT2D eigenvalue weighted by molar-refractivity contribution is 0.104. The number of ketones is 1. The van der Waals surface area contributed by atoms with Gasteiger partial charge in [-0.3, -0.25) is 4.79 Å². The van der Waals surface area contributed by atoms with Crippen LogP contribution >= 0.6 is 0 Å². The molecule has 0 fully saturated rings. The Bertz CT molecular complexity index is 506. The second kappa shape index (κ2) is 5.56. The molecule has 2 rings (SSSR count). The summed E-state index contributed by atoms with van der Waals surface area (Å²) in [5.74, 6) is 0.716. The van der Waals surface area contributed by atoms with Crippen LogP contribution in [0.25, 0.3) is 0 Å². The molecule has 1 unspecified atom stereocenters. The summed E-state index contributed by atoms with van der Waals surface area (Å²) in [5.41, 5.74) is 2.50. The Morgan fingerprint density at radius 2 is 2.00 bits per heavy atom. The molecule has 1 aromatic rings. The Balaban J connectivity index is 1.93. The van der Waals surface area contributed by atoms with Gasteiger partial charge in [0, 0.05) is 5.56 Å². The van der Waals surface area contributed by atoms with E-state index in [1.165, 1.54) is 5.57 Å². The first-order valence-corrected chi connectivity index (χ1v) is 6.95. The molecule has 0 bridgehead atoms. The number of allylic oxidation sites excluding steroid dienone is 4. The highest BCUT2D eigenvalue weighted by atomic mass is 16.1. The minimum Gasteiger partial charge on any atom is -0.289 e. The summed E-state index contributed by atoms with van der Waals surface area (Å²) in [6.45, 7) is 6.80. The average molecular weight is 254 g/mol. The lowest BCUT2D eigenvalue weighted by Crippen LogP contribution is -2.19. The van der Waals surface area contributed by atoms with Crippen molar-refractivity contribution < 1.29 is 4.79 Å². The third-order valence-electron chi connectivity index (χ3n) is 4.49. The highest BCUT2D eigenvalue weighted by Crippen LogP contribution is 2.44. The Hall–Kier alpha value is -1.63. The van der Waals surface area contributed by atoms with Gasteiger partial charge >= 0.3 is 0 Å². The number of rotatable bonds is 4. The summed E-state index contributed by atoms with van der Waals surface area (Å²) >= 11 is 0. The molecule has 1 aliphatic carbocycles. The Labute approximate surface area is 116 Å². The van der Waals surface area contributed by atoms with Gasteiger partial charge in [0.1, 0.15) is 0 Å². The van der Waals surface area contributed by atoms with Gasteiger partial charge in [0.25, 0.3) is 0 Å². The largest absolute Gasteiger partial charge is 0.289 e. The normalized spacial score (nSPS) is 21.6. The van der Waals surface area contributed by atoms with Crippen LogP contribution < -0.4 is 0 Å². The molecule has 0 saturated carbocycles. The van der Waals surface area contributed by atoms with Crippen LogP contribution in [0, 0.1) is 11.3 Å². The van der Waals surface area contributed by atoms with Gasteiger partial charge in [-0.05, 0) is 37.2 Å². The van der Waals surface area contributed by atoms with Gasteiger partial charge in [0.15, 0.2) is 5.78 Å². The highest BCUT2D eigenvalue weighted by Gasteiger charge is 2.33. The molecule has 0 N–H and O–H groups in total. The minimum atomic E-state index is 0.0982. The Morgan fingerprint density at radius 1 is 1.32 bits per heavy atom. The van der Waals surface area contributed by atoms with Crippen molar-refractivity contribution >= 4 is 5.78 Å². The van der Waals surface area contributed by atoms with Crippen molar-refractivity contribution in [2.45, 2.75) is 33.6 Å².